The first-order valence-electron chi connectivity index (χ1n) is 5.27. The average Bonchev–Trinajstić information content (AvgIpc) is 2.76. The Balaban J connectivity index is 1.97. The number of rotatable bonds is 3. The van der Waals surface area contributed by atoms with Gasteiger partial charge in [0.25, 0.3) is 5.91 Å². The maximum absolute atomic E-state index is 11.6. The molecule has 17 heavy (non-hydrogen) atoms. The first kappa shape index (κ1) is 11.1. The molecule has 0 bridgehead atoms. The van der Waals surface area contributed by atoms with Crippen molar-refractivity contribution in [2.24, 2.45) is 12.1 Å². The lowest BCUT2D eigenvalue weighted by Gasteiger charge is -1.99. The Hall–Kier alpha value is -2.36. The van der Waals surface area contributed by atoms with Crippen LogP contribution < -0.4 is 5.43 Å². The van der Waals surface area contributed by atoms with E-state index in [1.54, 1.807) is 18.3 Å². The molecule has 4 nitrogen and oxygen atoms in total. The first-order chi connectivity index (χ1) is 8.27. The maximum atomic E-state index is 11.6. The van der Waals surface area contributed by atoms with Crippen molar-refractivity contribution in [2.75, 3.05) is 0 Å². The third-order valence-corrected chi connectivity index (χ3v) is 2.38. The van der Waals surface area contributed by atoms with E-state index in [0.717, 1.165) is 5.69 Å². The molecule has 0 fully saturated rings. The summed E-state index contributed by atoms with van der Waals surface area (Å²) in [5.41, 5.74) is 4.00. The van der Waals surface area contributed by atoms with Gasteiger partial charge in [-0.3, -0.25) is 4.79 Å². The molecule has 0 saturated carbocycles. The van der Waals surface area contributed by atoms with Gasteiger partial charge in [0.05, 0.1) is 11.9 Å². The number of amides is 1. The van der Waals surface area contributed by atoms with E-state index in [-0.39, 0.29) is 5.91 Å². The van der Waals surface area contributed by atoms with E-state index >= 15 is 0 Å². The molecular weight excluding hydrogens is 214 g/mol. The monoisotopic (exact) mass is 227 g/mol. The number of nitrogens with one attached hydrogen (secondary N) is 1. The summed E-state index contributed by atoms with van der Waals surface area (Å²) in [6, 6.07) is 12.8. The van der Waals surface area contributed by atoms with Gasteiger partial charge in [-0.2, -0.15) is 5.10 Å². The van der Waals surface area contributed by atoms with Gasteiger partial charge in [-0.1, -0.05) is 18.2 Å². The molecule has 1 aromatic carbocycles. The molecule has 86 valence electrons. The Kier molecular flexibility index (Phi) is 3.35. The highest BCUT2D eigenvalue weighted by Crippen LogP contribution is 1.98. The highest BCUT2D eigenvalue weighted by atomic mass is 16.2. The SMILES string of the molecule is Cn1cccc1/C=N\NC(=O)c1ccccc1. The van der Waals surface area contributed by atoms with E-state index in [4.69, 9.17) is 0 Å². The van der Waals surface area contributed by atoms with Gasteiger partial charge in [0, 0.05) is 18.8 Å². The zero-order valence-corrected chi connectivity index (χ0v) is 9.50. The van der Waals surface area contributed by atoms with Crippen molar-refractivity contribution in [3.8, 4) is 0 Å². The molecule has 4 heteroatoms. The predicted molar refractivity (Wildman–Crippen MR) is 66.9 cm³/mol. The van der Waals surface area contributed by atoms with Crippen LogP contribution in [0.1, 0.15) is 16.1 Å². The third kappa shape index (κ3) is 2.81. The Morgan fingerprint density at radius 3 is 2.65 bits per heavy atom. The van der Waals surface area contributed by atoms with Crippen molar-refractivity contribution >= 4 is 12.1 Å². The molecule has 1 N–H and O–H groups in total. The van der Waals surface area contributed by atoms with Crippen LogP contribution in [0.25, 0.3) is 0 Å². The molecule has 1 aromatic heterocycles. The fourth-order valence-corrected chi connectivity index (χ4v) is 1.42. The van der Waals surface area contributed by atoms with Gasteiger partial charge in [-0.05, 0) is 24.3 Å². The third-order valence-electron chi connectivity index (χ3n) is 2.38. The van der Waals surface area contributed by atoms with Crippen molar-refractivity contribution in [1.82, 2.24) is 9.99 Å². The minimum absolute atomic E-state index is 0.212. The van der Waals surface area contributed by atoms with Crippen LogP contribution in [0.4, 0.5) is 0 Å². The smallest absolute Gasteiger partial charge is 0.271 e. The molecule has 2 aromatic rings. The molecule has 0 aliphatic rings. The average molecular weight is 227 g/mol. The summed E-state index contributed by atoms with van der Waals surface area (Å²) >= 11 is 0. The Labute approximate surface area is 99.6 Å². The number of aromatic nitrogens is 1. The van der Waals surface area contributed by atoms with Gasteiger partial charge >= 0.3 is 0 Å². The molecule has 2 rings (SSSR count). The number of nitrogens with zero attached hydrogens (tertiary/aromatic N) is 2. The van der Waals surface area contributed by atoms with Crippen LogP contribution in [-0.4, -0.2) is 16.7 Å². The molecule has 1 heterocycles. The van der Waals surface area contributed by atoms with Crippen LogP contribution in [-0.2, 0) is 7.05 Å². The van der Waals surface area contributed by atoms with Gasteiger partial charge in [-0.25, -0.2) is 5.43 Å². The van der Waals surface area contributed by atoms with Gasteiger partial charge in [0.1, 0.15) is 0 Å². The molecule has 0 spiro atoms. The van der Waals surface area contributed by atoms with E-state index in [1.165, 1.54) is 0 Å². The van der Waals surface area contributed by atoms with Gasteiger partial charge in [0.2, 0.25) is 0 Å². The summed E-state index contributed by atoms with van der Waals surface area (Å²) in [5, 5.41) is 3.91. The molecular formula is C13H13N3O. The summed E-state index contributed by atoms with van der Waals surface area (Å²) in [4.78, 5) is 11.6. The van der Waals surface area contributed by atoms with Crippen LogP contribution in [0.3, 0.4) is 0 Å². The zero-order valence-electron chi connectivity index (χ0n) is 9.50. The maximum Gasteiger partial charge on any atom is 0.271 e. The zero-order chi connectivity index (χ0) is 12.1. The van der Waals surface area contributed by atoms with E-state index in [2.05, 4.69) is 10.5 Å². The highest BCUT2D eigenvalue weighted by Gasteiger charge is 2.01. The Bertz CT molecular complexity index is 529. The quantitative estimate of drug-likeness (QED) is 0.630. The summed E-state index contributed by atoms with van der Waals surface area (Å²) in [7, 11) is 1.92. The Morgan fingerprint density at radius 2 is 2.00 bits per heavy atom. The number of benzene rings is 1. The fourth-order valence-electron chi connectivity index (χ4n) is 1.42. The first-order valence-corrected chi connectivity index (χ1v) is 5.27. The molecule has 0 radical (unpaired) electrons. The Morgan fingerprint density at radius 1 is 1.24 bits per heavy atom. The van der Waals surface area contributed by atoms with Crippen molar-refractivity contribution in [3.05, 3.63) is 59.9 Å². The van der Waals surface area contributed by atoms with Crippen molar-refractivity contribution < 1.29 is 4.79 Å². The van der Waals surface area contributed by atoms with Crippen LogP contribution in [0.5, 0.6) is 0 Å². The van der Waals surface area contributed by atoms with Crippen molar-refractivity contribution in [1.29, 1.82) is 0 Å². The van der Waals surface area contributed by atoms with Crippen LogP contribution >= 0.6 is 0 Å². The van der Waals surface area contributed by atoms with Gasteiger partial charge < -0.3 is 4.57 Å². The van der Waals surface area contributed by atoms with Gasteiger partial charge in [0.15, 0.2) is 0 Å². The lowest BCUT2D eigenvalue weighted by atomic mass is 10.2. The number of carbonyl (C=O) groups is 1. The normalized spacial score (nSPS) is 10.6. The fraction of sp³-hybridized carbons (Fsp3) is 0.0769. The minimum Gasteiger partial charge on any atom is -0.350 e. The second-order valence-electron chi connectivity index (χ2n) is 3.61. The van der Waals surface area contributed by atoms with Crippen molar-refractivity contribution in [2.45, 2.75) is 0 Å². The minimum atomic E-state index is -0.212. The molecule has 0 unspecified atom stereocenters. The number of carbonyl (C=O) groups excluding carboxylic acids is 1. The number of hydrogen-bond donors (Lipinski definition) is 1. The second-order valence-corrected chi connectivity index (χ2v) is 3.61. The summed E-state index contributed by atoms with van der Waals surface area (Å²) in [6.07, 6.45) is 3.53. The molecule has 0 saturated heterocycles. The lowest BCUT2D eigenvalue weighted by molar-refractivity contribution is 0.0955. The summed E-state index contributed by atoms with van der Waals surface area (Å²) in [6.45, 7) is 0. The van der Waals surface area contributed by atoms with E-state index in [0.29, 0.717) is 5.56 Å². The number of hydrogen-bond acceptors (Lipinski definition) is 2. The molecule has 0 aliphatic carbocycles. The molecule has 0 atom stereocenters. The van der Waals surface area contributed by atoms with Crippen LogP contribution in [0.2, 0.25) is 0 Å². The molecule has 0 aliphatic heterocycles. The molecule has 1 amide bonds. The van der Waals surface area contributed by atoms with Crippen LogP contribution in [0, 0.1) is 0 Å². The lowest BCUT2D eigenvalue weighted by Crippen LogP contribution is -2.17. The van der Waals surface area contributed by atoms with Gasteiger partial charge in [-0.15, -0.1) is 0 Å². The topological polar surface area (TPSA) is 46.4 Å². The summed E-state index contributed by atoms with van der Waals surface area (Å²) < 4.78 is 1.91. The van der Waals surface area contributed by atoms with E-state index in [9.17, 15) is 4.79 Å². The number of hydrazone groups is 1. The summed E-state index contributed by atoms with van der Waals surface area (Å²) in [5.74, 6) is -0.212. The largest absolute Gasteiger partial charge is 0.350 e. The predicted octanol–water partition coefficient (Wildman–Crippen LogP) is 1.79. The number of aryl methyl sites for hydroxylation is 1. The second kappa shape index (κ2) is 5.12. The highest BCUT2D eigenvalue weighted by molar-refractivity contribution is 5.94. The standard InChI is InChI=1S/C13H13N3O/c1-16-9-5-8-12(16)10-14-15-13(17)11-6-3-2-4-7-11/h2-10H,1H3,(H,15,17)/b14-10-. The van der Waals surface area contributed by atoms with Crippen molar-refractivity contribution in [3.63, 3.8) is 0 Å². The van der Waals surface area contributed by atoms with E-state index in [1.807, 2.05) is 48.1 Å². The van der Waals surface area contributed by atoms with E-state index < -0.39 is 0 Å². The van der Waals surface area contributed by atoms with Crippen LogP contribution in [0.15, 0.2) is 53.8 Å².